The van der Waals surface area contributed by atoms with Gasteiger partial charge in [-0.3, -0.25) is 9.89 Å². The van der Waals surface area contributed by atoms with Gasteiger partial charge in [0, 0.05) is 32.7 Å². The molecule has 0 amide bonds. The van der Waals surface area contributed by atoms with Crippen LogP contribution in [0.3, 0.4) is 0 Å². The molecule has 0 bridgehead atoms. The van der Waals surface area contributed by atoms with E-state index >= 15 is 0 Å². The van der Waals surface area contributed by atoms with Gasteiger partial charge in [0.15, 0.2) is 5.96 Å². The third-order valence-corrected chi connectivity index (χ3v) is 5.17. The molecule has 2 saturated heterocycles. The van der Waals surface area contributed by atoms with E-state index in [0.717, 1.165) is 49.7 Å². The van der Waals surface area contributed by atoms with Crippen molar-refractivity contribution in [2.75, 3.05) is 39.8 Å². The first-order chi connectivity index (χ1) is 12.2. The number of morpholine rings is 1. The lowest BCUT2D eigenvalue weighted by atomic mass is 10.1. The van der Waals surface area contributed by atoms with Gasteiger partial charge >= 0.3 is 0 Å². The number of halogens is 2. The minimum absolute atomic E-state index is 0. The van der Waals surface area contributed by atoms with Gasteiger partial charge in [-0.1, -0.05) is 6.07 Å². The normalized spacial score (nSPS) is 23.3. The molecule has 2 fully saturated rings. The summed E-state index contributed by atoms with van der Waals surface area (Å²) in [5.41, 5.74) is 2.14. The molecule has 0 spiro atoms. The van der Waals surface area contributed by atoms with Crippen LogP contribution in [0.5, 0.6) is 0 Å². The highest BCUT2D eigenvalue weighted by Gasteiger charge is 2.32. The van der Waals surface area contributed by atoms with Crippen molar-refractivity contribution in [3.8, 4) is 0 Å². The number of hydrogen-bond acceptors (Lipinski definition) is 3. The number of aryl methyl sites for hydroxylation is 1. The van der Waals surface area contributed by atoms with E-state index < -0.39 is 0 Å². The number of fused-ring (bicyclic) bond motifs is 1. The molecule has 2 N–H and O–H groups in total. The Morgan fingerprint density at radius 3 is 3.00 bits per heavy atom. The average Bonchev–Trinajstić information content (AvgIpc) is 3.07. The number of benzene rings is 1. The van der Waals surface area contributed by atoms with Gasteiger partial charge in [0.2, 0.25) is 0 Å². The quantitative estimate of drug-likeness (QED) is 0.389. The highest BCUT2D eigenvalue weighted by molar-refractivity contribution is 14.0. The summed E-state index contributed by atoms with van der Waals surface area (Å²) < 4.78 is 19.1. The van der Waals surface area contributed by atoms with Gasteiger partial charge in [0.1, 0.15) is 5.82 Å². The van der Waals surface area contributed by atoms with E-state index in [9.17, 15) is 4.39 Å². The molecule has 0 aliphatic carbocycles. The first-order valence-electron chi connectivity index (χ1n) is 9.21. The first-order valence-corrected chi connectivity index (χ1v) is 9.21. The number of rotatable bonds is 5. The fourth-order valence-corrected chi connectivity index (χ4v) is 3.70. The van der Waals surface area contributed by atoms with E-state index in [2.05, 4.69) is 20.5 Å². The maximum atomic E-state index is 13.2. The number of nitrogens with zero attached hydrogens (tertiary/aromatic N) is 2. The van der Waals surface area contributed by atoms with E-state index in [0.29, 0.717) is 6.04 Å². The molecule has 26 heavy (non-hydrogen) atoms. The van der Waals surface area contributed by atoms with E-state index in [1.54, 1.807) is 13.1 Å². The third-order valence-electron chi connectivity index (χ3n) is 5.17. The molecule has 7 heteroatoms. The molecule has 146 valence electrons. The highest BCUT2D eigenvalue weighted by atomic mass is 127. The first kappa shape index (κ1) is 21.4. The SMILES string of the molecule is CN=C(NCCc1ccc(F)cc1C)NCC1CN2CCCC2CO1.I. The molecule has 5 nitrogen and oxygen atoms in total. The van der Waals surface area contributed by atoms with Crippen LogP contribution in [0.25, 0.3) is 0 Å². The van der Waals surface area contributed by atoms with Crippen molar-refractivity contribution in [3.05, 3.63) is 35.1 Å². The summed E-state index contributed by atoms with van der Waals surface area (Å²) in [5, 5.41) is 6.68. The fourth-order valence-electron chi connectivity index (χ4n) is 3.70. The molecule has 2 unspecified atom stereocenters. The largest absolute Gasteiger partial charge is 0.373 e. The maximum absolute atomic E-state index is 13.2. The second kappa shape index (κ2) is 10.4. The Morgan fingerprint density at radius 2 is 2.23 bits per heavy atom. The topological polar surface area (TPSA) is 48.9 Å². The Hall–Kier alpha value is -0.930. The van der Waals surface area contributed by atoms with Gasteiger partial charge in [-0.15, -0.1) is 24.0 Å². The Bertz CT molecular complexity index is 613. The van der Waals surface area contributed by atoms with Crippen LogP contribution in [0.2, 0.25) is 0 Å². The number of nitrogens with one attached hydrogen (secondary N) is 2. The summed E-state index contributed by atoms with van der Waals surface area (Å²) >= 11 is 0. The molecular formula is C19H30FIN4O. The summed E-state index contributed by atoms with van der Waals surface area (Å²) in [6.45, 7) is 6.52. The lowest BCUT2D eigenvalue weighted by molar-refractivity contribution is -0.0453. The van der Waals surface area contributed by atoms with Gasteiger partial charge in [0.05, 0.1) is 12.7 Å². The molecule has 3 rings (SSSR count). The van der Waals surface area contributed by atoms with Crippen molar-refractivity contribution in [1.82, 2.24) is 15.5 Å². The summed E-state index contributed by atoms with van der Waals surface area (Å²) in [7, 11) is 1.77. The van der Waals surface area contributed by atoms with E-state index in [1.165, 1.54) is 25.5 Å². The smallest absolute Gasteiger partial charge is 0.191 e. The summed E-state index contributed by atoms with van der Waals surface area (Å²) in [5.74, 6) is 0.603. The highest BCUT2D eigenvalue weighted by Crippen LogP contribution is 2.22. The predicted octanol–water partition coefficient (Wildman–Crippen LogP) is 2.32. The average molecular weight is 476 g/mol. The minimum atomic E-state index is -0.181. The van der Waals surface area contributed by atoms with Crippen molar-refractivity contribution < 1.29 is 9.13 Å². The van der Waals surface area contributed by atoms with Crippen molar-refractivity contribution >= 4 is 29.9 Å². The van der Waals surface area contributed by atoms with Crippen LogP contribution < -0.4 is 10.6 Å². The number of ether oxygens (including phenoxy) is 1. The molecule has 2 heterocycles. The standard InChI is InChI=1S/C19H29FN4O.HI/c1-14-10-16(20)6-5-15(14)7-8-22-19(21-2)23-11-18-12-24-9-3-4-17(24)13-25-18;/h5-6,10,17-18H,3-4,7-9,11-13H2,1-2H3,(H2,21,22,23);1H. The molecular weight excluding hydrogens is 446 g/mol. The van der Waals surface area contributed by atoms with Gasteiger partial charge in [0.25, 0.3) is 0 Å². The molecule has 1 aromatic carbocycles. The van der Waals surface area contributed by atoms with Gasteiger partial charge in [-0.05, 0) is 56.0 Å². The second-order valence-electron chi connectivity index (χ2n) is 6.95. The van der Waals surface area contributed by atoms with E-state index in [-0.39, 0.29) is 35.9 Å². The lowest BCUT2D eigenvalue weighted by Gasteiger charge is -2.35. The van der Waals surface area contributed by atoms with Gasteiger partial charge in [-0.25, -0.2) is 4.39 Å². The van der Waals surface area contributed by atoms with Crippen molar-refractivity contribution in [1.29, 1.82) is 0 Å². The second-order valence-corrected chi connectivity index (χ2v) is 6.95. The van der Waals surface area contributed by atoms with Gasteiger partial charge in [-0.2, -0.15) is 0 Å². The summed E-state index contributed by atoms with van der Waals surface area (Å²) in [6.07, 6.45) is 3.61. The van der Waals surface area contributed by atoms with Crippen LogP contribution in [0.4, 0.5) is 4.39 Å². The van der Waals surface area contributed by atoms with Crippen LogP contribution in [-0.4, -0.2) is 62.8 Å². The summed E-state index contributed by atoms with van der Waals surface area (Å²) in [6, 6.07) is 5.58. The zero-order valence-electron chi connectivity index (χ0n) is 15.6. The Labute approximate surface area is 172 Å². The van der Waals surface area contributed by atoms with Crippen LogP contribution >= 0.6 is 24.0 Å². The molecule has 0 saturated carbocycles. The molecule has 2 aliphatic rings. The lowest BCUT2D eigenvalue weighted by Crippen LogP contribution is -2.51. The van der Waals surface area contributed by atoms with Crippen LogP contribution in [0, 0.1) is 12.7 Å². The number of hydrogen-bond donors (Lipinski definition) is 2. The molecule has 2 atom stereocenters. The zero-order chi connectivity index (χ0) is 17.6. The van der Waals surface area contributed by atoms with Crippen molar-refractivity contribution in [3.63, 3.8) is 0 Å². The fraction of sp³-hybridized carbons (Fsp3) is 0.632. The summed E-state index contributed by atoms with van der Waals surface area (Å²) in [4.78, 5) is 6.82. The zero-order valence-corrected chi connectivity index (χ0v) is 18.0. The Morgan fingerprint density at radius 1 is 1.38 bits per heavy atom. The third kappa shape index (κ3) is 5.79. The monoisotopic (exact) mass is 476 g/mol. The molecule has 1 aromatic rings. The Kier molecular flexibility index (Phi) is 8.56. The molecule has 0 aromatic heterocycles. The van der Waals surface area contributed by atoms with Gasteiger partial charge < -0.3 is 15.4 Å². The van der Waals surface area contributed by atoms with Crippen LogP contribution in [-0.2, 0) is 11.2 Å². The maximum Gasteiger partial charge on any atom is 0.191 e. The van der Waals surface area contributed by atoms with E-state index in [4.69, 9.17) is 4.74 Å². The van der Waals surface area contributed by atoms with Crippen LogP contribution in [0.1, 0.15) is 24.0 Å². The Balaban J connectivity index is 0.00000243. The number of guanidine groups is 1. The predicted molar refractivity (Wildman–Crippen MR) is 114 cm³/mol. The minimum Gasteiger partial charge on any atom is -0.373 e. The van der Waals surface area contributed by atoms with Crippen molar-refractivity contribution in [2.45, 2.75) is 38.3 Å². The van der Waals surface area contributed by atoms with Crippen molar-refractivity contribution in [2.24, 2.45) is 4.99 Å². The molecule has 2 aliphatic heterocycles. The number of aliphatic imine (C=N–C) groups is 1. The molecule has 0 radical (unpaired) electrons. The van der Waals surface area contributed by atoms with Crippen LogP contribution in [0.15, 0.2) is 23.2 Å². The van der Waals surface area contributed by atoms with E-state index in [1.807, 2.05) is 13.0 Å².